The van der Waals surface area contributed by atoms with E-state index in [-0.39, 0.29) is 5.69 Å². The van der Waals surface area contributed by atoms with Gasteiger partial charge in [0.2, 0.25) is 0 Å². The fraction of sp³-hybridized carbons (Fsp3) is 0.429. The number of anilines is 1. The Kier molecular flexibility index (Phi) is 3.78. The van der Waals surface area contributed by atoms with Crippen LogP contribution in [0.2, 0.25) is 0 Å². The first-order chi connectivity index (χ1) is 10.4. The average molecular weight is 334 g/mol. The van der Waals surface area contributed by atoms with Gasteiger partial charge in [-0.05, 0) is 32.0 Å². The van der Waals surface area contributed by atoms with Crippen molar-refractivity contribution in [1.82, 2.24) is 5.32 Å². The minimum absolute atomic E-state index is 0.159. The fourth-order valence-corrected chi connectivity index (χ4v) is 2.50. The second-order valence-electron chi connectivity index (χ2n) is 5.78. The van der Waals surface area contributed by atoms with E-state index in [9.17, 15) is 27.2 Å². The molecule has 9 heteroatoms. The van der Waals surface area contributed by atoms with E-state index in [0.29, 0.717) is 6.92 Å². The van der Waals surface area contributed by atoms with Crippen LogP contribution in [0.1, 0.15) is 25.8 Å². The molecule has 0 saturated carbocycles. The van der Waals surface area contributed by atoms with Gasteiger partial charge in [0.05, 0.1) is 6.42 Å². The van der Waals surface area contributed by atoms with Crippen molar-refractivity contribution >= 4 is 17.7 Å². The molecule has 5 nitrogen and oxygen atoms in total. The van der Waals surface area contributed by atoms with Gasteiger partial charge in [0.15, 0.2) is 5.67 Å². The minimum atomic E-state index is -3.80. The number of rotatable bonds is 2. The molecule has 1 aliphatic rings. The molecule has 0 spiro atoms. The molecular weight excluding hydrogens is 320 g/mol. The standard InChI is InChI=1S/C14H14F4N2O3/c1-12(16)6-14(17,18)13(2,20-10(12)21)8-5-7(19-11(22)23)3-4-9(8)15/h3-5,19H,6H2,1-2H3,(H,20,21)(H,22,23)/t12?,13-/m1/s1. The second-order valence-corrected chi connectivity index (χ2v) is 5.78. The molecule has 1 heterocycles. The Labute approximate surface area is 128 Å². The molecule has 2 rings (SSSR count). The molecule has 1 saturated heterocycles. The van der Waals surface area contributed by atoms with Crippen molar-refractivity contribution in [1.29, 1.82) is 0 Å². The first-order valence-corrected chi connectivity index (χ1v) is 6.58. The third-order valence-corrected chi connectivity index (χ3v) is 3.88. The maximum Gasteiger partial charge on any atom is 0.409 e. The zero-order valence-electron chi connectivity index (χ0n) is 12.2. The van der Waals surface area contributed by atoms with Gasteiger partial charge in [-0.2, -0.15) is 0 Å². The molecule has 126 valence electrons. The third-order valence-electron chi connectivity index (χ3n) is 3.88. The summed E-state index contributed by atoms with van der Waals surface area (Å²) in [5, 5.41) is 12.4. The number of carboxylic acid groups (broad SMARTS) is 1. The Morgan fingerprint density at radius 2 is 1.91 bits per heavy atom. The van der Waals surface area contributed by atoms with Gasteiger partial charge < -0.3 is 10.4 Å². The summed E-state index contributed by atoms with van der Waals surface area (Å²) in [7, 11) is 0. The topological polar surface area (TPSA) is 78.4 Å². The van der Waals surface area contributed by atoms with E-state index >= 15 is 0 Å². The molecule has 1 aromatic rings. The predicted molar refractivity (Wildman–Crippen MR) is 72.6 cm³/mol. The van der Waals surface area contributed by atoms with Crippen LogP contribution in [0.5, 0.6) is 0 Å². The molecule has 0 aliphatic carbocycles. The molecule has 3 N–H and O–H groups in total. The number of benzene rings is 1. The molecule has 0 bridgehead atoms. The Morgan fingerprint density at radius 1 is 1.30 bits per heavy atom. The second kappa shape index (κ2) is 5.10. The summed E-state index contributed by atoms with van der Waals surface area (Å²) in [4.78, 5) is 22.3. The number of piperidine rings is 1. The highest BCUT2D eigenvalue weighted by Gasteiger charge is 2.63. The van der Waals surface area contributed by atoms with E-state index in [1.54, 1.807) is 0 Å². The Hall–Kier alpha value is -2.32. The van der Waals surface area contributed by atoms with Gasteiger partial charge in [0.1, 0.15) is 11.4 Å². The van der Waals surface area contributed by atoms with Crippen LogP contribution in [0.4, 0.5) is 28.0 Å². The Morgan fingerprint density at radius 3 is 2.48 bits per heavy atom. The quantitative estimate of drug-likeness (QED) is 0.728. The number of carbonyl (C=O) groups excluding carboxylic acids is 1. The van der Waals surface area contributed by atoms with Crippen molar-refractivity contribution in [2.45, 2.75) is 37.4 Å². The molecule has 0 radical (unpaired) electrons. The molecule has 2 atom stereocenters. The molecule has 1 aliphatic heterocycles. The zero-order valence-corrected chi connectivity index (χ0v) is 12.2. The number of alkyl halides is 3. The van der Waals surface area contributed by atoms with Crippen molar-refractivity contribution in [2.75, 3.05) is 5.32 Å². The Balaban J connectivity index is 2.54. The van der Waals surface area contributed by atoms with Gasteiger partial charge >= 0.3 is 6.09 Å². The molecule has 2 amide bonds. The summed E-state index contributed by atoms with van der Waals surface area (Å²) in [5.74, 6) is -6.17. The highest BCUT2D eigenvalue weighted by atomic mass is 19.3. The van der Waals surface area contributed by atoms with Crippen LogP contribution in [-0.2, 0) is 10.3 Å². The van der Waals surface area contributed by atoms with E-state index in [2.05, 4.69) is 0 Å². The van der Waals surface area contributed by atoms with Gasteiger partial charge in [0.25, 0.3) is 11.8 Å². The van der Waals surface area contributed by atoms with Crippen LogP contribution >= 0.6 is 0 Å². The number of nitrogens with one attached hydrogen (secondary N) is 2. The van der Waals surface area contributed by atoms with Crippen LogP contribution in [0.3, 0.4) is 0 Å². The maximum absolute atomic E-state index is 14.4. The van der Waals surface area contributed by atoms with E-state index in [0.717, 1.165) is 25.1 Å². The third kappa shape index (κ3) is 2.82. The number of hydrogen-bond donors (Lipinski definition) is 3. The number of halogens is 4. The van der Waals surface area contributed by atoms with Crippen LogP contribution in [0.25, 0.3) is 0 Å². The molecule has 1 unspecified atom stereocenters. The largest absolute Gasteiger partial charge is 0.465 e. The summed E-state index contributed by atoms with van der Waals surface area (Å²) in [5.41, 5.74) is -6.11. The zero-order chi connectivity index (χ0) is 17.6. The van der Waals surface area contributed by atoms with Gasteiger partial charge in [-0.25, -0.2) is 22.4 Å². The van der Waals surface area contributed by atoms with Gasteiger partial charge in [-0.1, -0.05) is 0 Å². The molecular formula is C14H14F4N2O3. The molecule has 23 heavy (non-hydrogen) atoms. The summed E-state index contributed by atoms with van der Waals surface area (Å²) in [6.45, 7) is 1.58. The smallest absolute Gasteiger partial charge is 0.409 e. The van der Waals surface area contributed by atoms with E-state index in [1.165, 1.54) is 0 Å². The first-order valence-electron chi connectivity index (χ1n) is 6.58. The van der Waals surface area contributed by atoms with Gasteiger partial charge in [0, 0.05) is 11.3 Å². The van der Waals surface area contributed by atoms with E-state index in [4.69, 9.17) is 5.11 Å². The monoisotopic (exact) mass is 334 g/mol. The van der Waals surface area contributed by atoms with Crippen molar-refractivity contribution in [2.24, 2.45) is 0 Å². The van der Waals surface area contributed by atoms with E-state index < -0.39 is 46.9 Å². The summed E-state index contributed by atoms with van der Waals surface area (Å²) in [6, 6.07) is 2.67. The normalized spacial score (nSPS) is 29.7. The summed E-state index contributed by atoms with van der Waals surface area (Å²) >= 11 is 0. The fourth-order valence-electron chi connectivity index (χ4n) is 2.50. The lowest BCUT2D eigenvalue weighted by Gasteiger charge is -2.45. The van der Waals surface area contributed by atoms with Crippen LogP contribution < -0.4 is 10.6 Å². The van der Waals surface area contributed by atoms with Crippen molar-refractivity contribution in [3.05, 3.63) is 29.6 Å². The van der Waals surface area contributed by atoms with Crippen LogP contribution in [0.15, 0.2) is 18.2 Å². The number of amides is 2. The van der Waals surface area contributed by atoms with Crippen molar-refractivity contribution in [3.63, 3.8) is 0 Å². The van der Waals surface area contributed by atoms with Gasteiger partial charge in [-0.3, -0.25) is 10.1 Å². The number of carbonyl (C=O) groups is 2. The predicted octanol–water partition coefficient (Wildman–Crippen LogP) is 3.01. The maximum atomic E-state index is 14.4. The van der Waals surface area contributed by atoms with Crippen LogP contribution in [-0.4, -0.2) is 28.7 Å². The molecule has 1 fully saturated rings. The van der Waals surface area contributed by atoms with Gasteiger partial charge in [-0.15, -0.1) is 0 Å². The lowest BCUT2D eigenvalue weighted by molar-refractivity contribution is -0.175. The van der Waals surface area contributed by atoms with Crippen molar-refractivity contribution in [3.8, 4) is 0 Å². The highest BCUT2D eigenvalue weighted by molar-refractivity contribution is 5.87. The summed E-state index contributed by atoms with van der Waals surface area (Å²) in [6.07, 6.45) is -2.89. The number of hydrogen-bond acceptors (Lipinski definition) is 2. The Bertz CT molecular complexity index is 678. The lowest BCUT2D eigenvalue weighted by atomic mass is 9.76. The molecule has 1 aromatic carbocycles. The summed E-state index contributed by atoms with van der Waals surface area (Å²) < 4.78 is 56.8. The van der Waals surface area contributed by atoms with Crippen LogP contribution in [0, 0.1) is 5.82 Å². The van der Waals surface area contributed by atoms with Crippen molar-refractivity contribution < 1.29 is 32.3 Å². The highest BCUT2D eigenvalue weighted by Crippen LogP contribution is 2.48. The SMILES string of the molecule is CC1(F)CC(F)(F)[C@@](C)(c2cc(NC(=O)O)ccc2F)NC1=O. The molecule has 0 aromatic heterocycles. The lowest BCUT2D eigenvalue weighted by Crippen LogP contribution is -2.66. The van der Waals surface area contributed by atoms with E-state index in [1.807, 2.05) is 10.6 Å². The first kappa shape index (κ1) is 17.0. The minimum Gasteiger partial charge on any atom is -0.465 e. The average Bonchev–Trinajstić information content (AvgIpc) is 2.37.